The molecule has 0 aliphatic carbocycles. The predicted octanol–water partition coefficient (Wildman–Crippen LogP) is 7.62. The molecule has 0 amide bonds. The van der Waals surface area contributed by atoms with Gasteiger partial charge in [-0.3, -0.25) is 4.79 Å². The highest BCUT2D eigenvalue weighted by molar-refractivity contribution is 5.66. The summed E-state index contributed by atoms with van der Waals surface area (Å²) in [6.45, 7) is 1.84. The third-order valence-corrected chi connectivity index (χ3v) is 3.13. The topological polar surface area (TPSA) is 37.3 Å². The maximum absolute atomic E-state index is 9.60. The highest BCUT2D eigenvalue weighted by Crippen LogP contribution is 1.82. The van der Waals surface area contributed by atoms with Crippen LogP contribution in [0.4, 0.5) is 0 Å². The van der Waals surface area contributed by atoms with Crippen molar-refractivity contribution < 1.29 is 9.90 Å². The Labute approximate surface area is 181 Å². The summed E-state index contributed by atoms with van der Waals surface area (Å²) >= 11 is 0. The summed E-state index contributed by atoms with van der Waals surface area (Å²) in [5.41, 5.74) is 0. The van der Waals surface area contributed by atoms with E-state index in [1.54, 1.807) is 0 Å². The first-order valence-corrected chi connectivity index (χ1v) is 9.99. The normalized spacial score (nSPS) is 8.03. The Balaban J connectivity index is 0.000000350. The molecule has 30 heavy (non-hydrogen) atoms. The summed E-state index contributed by atoms with van der Waals surface area (Å²) in [7, 11) is 0. The van der Waals surface area contributed by atoms with Gasteiger partial charge in [0.15, 0.2) is 0 Å². The van der Waals surface area contributed by atoms with Gasteiger partial charge in [-0.05, 0) is 6.42 Å². The minimum atomic E-state index is -0.711. The van der Waals surface area contributed by atoms with Crippen LogP contribution in [-0.4, -0.2) is 11.1 Å². The third kappa shape index (κ3) is 24.4. The van der Waals surface area contributed by atoms with Gasteiger partial charge in [0.25, 0.3) is 0 Å². The van der Waals surface area contributed by atoms with Crippen molar-refractivity contribution in [2.24, 2.45) is 0 Å². The summed E-state index contributed by atoms with van der Waals surface area (Å²) in [6.07, 6.45) is 1.02. The Morgan fingerprint density at radius 2 is 0.567 bits per heavy atom. The molecule has 0 aliphatic heterocycles. The zero-order valence-electron chi connectivity index (χ0n) is 17.6. The molecule has 0 heterocycles. The third-order valence-electron chi connectivity index (χ3n) is 3.13. The van der Waals surface area contributed by atoms with Gasteiger partial charge in [-0.15, -0.1) is 0 Å². The molecule has 0 saturated heterocycles. The highest BCUT2D eigenvalue weighted by atomic mass is 16.4. The molecule has 0 unspecified atom stereocenters. The largest absolute Gasteiger partial charge is 0.481 e. The number of aliphatic carboxylic acids is 1. The number of rotatable bonds is 2. The van der Waals surface area contributed by atoms with Crippen LogP contribution in [-0.2, 0) is 4.79 Å². The van der Waals surface area contributed by atoms with Gasteiger partial charge in [0.05, 0.1) is 0 Å². The molecule has 4 aromatic rings. The van der Waals surface area contributed by atoms with Crippen LogP contribution in [0, 0.1) is 0 Å². The van der Waals surface area contributed by atoms with Crippen LogP contribution in [0.25, 0.3) is 0 Å². The van der Waals surface area contributed by atoms with Gasteiger partial charge in [-0.2, -0.15) is 0 Å². The van der Waals surface area contributed by atoms with E-state index >= 15 is 0 Å². The number of carbonyl (C=O) groups is 1. The first kappa shape index (κ1) is 26.4. The highest BCUT2D eigenvalue weighted by Gasteiger charge is 1.87. The van der Waals surface area contributed by atoms with Crippen LogP contribution in [0.5, 0.6) is 0 Å². The molecule has 0 spiro atoms. The van der Waals surface area contributed by atoms with E-state index in [2.05, 4.69) is 0 Å². The van der Waals surface area contributed by atoms with E-state index in [0.717, 1.165) is 6.42 Å². The molecule has 0 aliphatic rings. The van der Waals surface area contributed by atoms with Crippen LogP contribution in [0.3, 0.4) is 0 Å². The van der Waals surface area contributed by atoms with Crippen molar-refractivity contribution in [1.82, 2.24) is 0 Å². The average molecular weight is 401 g/mol. The van der Waals surface area contributed by atoms with E-state index in [-0.39, 0.29) is 0 Å². The van der Waals surface area contributed by atoms with E-state index < -0.39 is 5.97 Å². The van der Waals surface area contributed by atoms with Crippen molar-refractivity contribution in [1.29, 1.82) is 0 Å². The monoisotopic (exact) mass is 400 g/mol. The molecule has 156 valence electrons. The molecule has 0 atom stereocenters. The van der Waals surface area contributed by atoms with Crippen molar-refractivity contribution >= 4 is 5.97 Å². The van der Waals surface area contributed by atoms with Crippen LogP contribution in [0.2, 0.25) is 0 Å². The molecular formula is C28H32O2. The first-order valence-electron chi connectivity index (χ1n) is 9.99. The standard InChI is InChI=1S/4C6H6.C4H8O2/c4*1-2-4-6-5-3-1;1-2-3-4(5)6/h4*1-6H;2-3H2,1H3,(H,5,6). The summed E-state index contributed by atoms with van der Waals surface area (Å²) in [4.78, 5) is 9.60. The van der Waals surface area contributed by atoms with Crippen LogP contribution < -0.4 is 0 Å². The van der Waals surface area contributed by atoms with E-state index in [0.29, 0.717) is 6.42 Å². The van der Waals surface area contributed by atoms with Gasteiger partial charge in [-0.25, -0.2) is 0 Å². The maximum Gasteiger partial charge on any atom is 0.303 e. The second-order valence-corrected chi connectivity index (χ2v) is 5.76. The van der Waals surface area contributed by atoms with Crippen molar-refractivity contribution in [2.75, 3.05) is 0 Å². The summed E-state index contributed by atoms with van der Waals surface area (Å²) in [5.74, 6) is -0.711. The van der Waals surface area contributed by atoms with E-state index in [1.165, 1.54) is 0 Å². The first-order chi connectivity index (χ1) is 14.8. The number of hydrogen-bond donors (Lipinski definition) is 1. The Kier molecular flexibility index (Phi) is 20.5. The summed E-state index contributed by atoms with van der Waals surface area (Å²) in [6, 6.07) is 48.0. The van der Waals surface area contributed by atoms with E-state index in [1.807, 2.05) is 153 Å². The van der Waals surface area contributed by atoms with Crippen molar-refractivity contribution in [2.45, 2.75) is 19.8 Å². The molecule has 0 fully saturated rings. The lowest BCUT2D eigenvalue weighted by Crippen LogP contribution is -1.90. The Hall–Kier alpha value is -3.65. The molecule has 2 nitrogen and oxygen atoms in total. The molecule has 0 aromatic heterocycles. The molecule has 4 rings (SSSR count). The molecule has 2 heteroatoms. The fourth-order valence-electron chi connectivity index (χ4n) is 1.75. The number of benzene rings is 4. The SMILES string of the molecule is CCCC(=O)O.c1ccccc1.c1ccccc1.c1ccccc1.c1ccccc1. The molecule has 4 aromatic carbocycles. The van der Waals surface area contributed by atoms with E-state index in [4.69, 9.17) is 5.11 Å². The molecule has 0 saturated carbocycles. The van der Waals surface area contributed by atoms with Gasteiger partial charge in [-0.1, -0.05) is 153 Å². The van der Waals surface area contributed by atoms with Crippen molar-refractivity contribution in [3.05, 3.63) is 146 Å². The second kappa shape index (κ2) is 23.4. The van der Waals surface area contributed by atoms with Gasteiger partial charge in [0.2, 0.25) is 0 Å². The summed E-state index contributed by atoms with van der Waals surface area (Å²) < 4.78 is 0. The lowest BCUT2D eigenvalue weighted by atomic mass is 10.4. The second-order valence-electron chi connectivity index (χ2n) is 5.76. The Bertz CT molecular complexity index is 541. The predicted molar refractivity (Wildman–Crippen MR) is 128 cm³/mol. The summed E-state index contributed by atoms with van der Waals surface area (Å²) in [5, 5.41) is 7.91. The van der Waals surface area contributed by atoms with Gasteiger partial charge < -0.3 is 5.11 Å². The van der Waals surface area contributed by atoms with Gasteiger partial charge in [0, 0.05) is 6.42 Å². The number of carboxylic acid groups (broad SMARTS) is 1. The molecular weight excluding hydrogens is 368 g/mol. The lowest BCUT2D eigenvalue weighted by Gasteiger charge is -1.79. The minimum absolute atomic E-state index is 0.292. The Morgan fingerprint density at radius 1 is 0.433 bits per heavy atom. The van der Waals surface area contributed by atoms with Crippen molar-refractivity contribution in [3.63, 3.8) is 0 Å². The Morgan fingerprint density at radius 3 is 0.600 bits per heavy atom. The minimum Gasteiger partial charge on any atom is -0.481 e. The molecule has 0 radical (unpaired) electrons. The zero-order chi connectivity index (χ0) is 22.0. The van der Waals surface area contributed by atoms with Gasteiger partial charge in [0.1, 0.15) is 0 Å². The van der Waals surface area contributed by atoms with Gasteiger partial charge >= 0.3 is 5.97 Å². The zero-order valence-corrected chi connectivity index (χ0v) is 17.6. The molecule has 1 N–H and O–H groups in total. The fourth-order valence-corrected chi connectivity index (χ4v) is 1.75. The average Bonchev–Trinajstić information content (AvgIpc) is 2.85. The van der Waals surface area contributed by atoms with Crippen molar-refractivity contribution in [3.8, 4) is 0 Å². The van der Waals surface area contributed by atoms with Crippen LogP contribution in [0.1, 0.15) is 19.8 Å². The lowest BCUT2D eigenvalue weighted by molar-refractivity contribution is -0.137. The maximum atomic E-state index is 9.60. The fraction of sp³-hybridized carbons (Fsp3) is 0.107. The van der Waals surface area contributed by atoms with Crippen LogP contribution in [0.15, 0.2) is 146 Å². The quantitative estimate of drug-likeness (QED) is 0.376. The smallest absolute Gasteiger partial charge is 0.303 e. The van der Waals surface area contributed by atoms with E-state index in [9.17, 15) is 4.79 Å². The van der Waals surface area contributed by atoms with Crippen LogP contribution >= 0.6 is 0 Å². The number of hydrogen-bond acceptors (Lipinski definition) is 1. The molecule has 0 bridgehead atoms. The number of carboxylic acids is 1.